The lowest BCUT2D eigenvalue weighted by Gasteiger charge is -2.11. The van der Waals surface area contributed by atoms with Crippen LogP contribution in [0.1, 0.15) is 12.7 Å². The molecule has 1 unspecified atom stereocenters. The molecule has 1 aromatic heterocycles. The minimum Gasteiger partial charge on any atom is -0.399 e. The van der Waals surface area contributed by atoms with Crippen molar-refractivity contribution in [1.29, 1.82) is 0 Å². The second-order valence-corrected chi connectivity index (χ2v) is 6.44. The summed E-state index contributed by atoms with van der Waals surface area (Å²) in [5, 5.41) is 2.11. The zero-order valence-corrected chi connectivity index (χ0v) is 12.5. The van der Waals surface area contributed by atoms with Crippen molar-refractivity contribution in [1.82, 2.24) is 9.36 Å². The maximum atomic E-state index is 13.5. The van der Waals surface area contributed by atoms with E-state index >= 15 is 0 Å². The molecule has 0 aliphatic rings. The topological polar surface area (TPSA) is 80.9 Å². The largest absolute Gasteiger partial charge is 0.399 e. The van der Waals surface area contributed by atoms with Crippen molar-refractivity contribution >= 4 is 40.6 Å². The molecule has 0 saturated carbocycles. The molecule has 5 nitrogen and oxygen atoms in total. The minimum absolute atomic E-state index is 0.0795. The fourth-order valence-corrected chi connectivity index (χ4v) is 3.20. The average molecular weight is 312 g/mol. The molecule has 1 amide bonds. The van der Waals surface area contributed by atoms with Crippen molar-refractivity contribution in [3.8, 4) is 0 Å². The molecule has 2 rings (SSSR count). The van der Waals surface area contributed by atoms with Crippen LogP contribution in [0, 0.1) is 12.7 Å². The number of aromatic nitrogens is 2. The fraction of sp³-hybridized carbons (Fsp3) is 0.250. The Kier molecular flexibility index (Phi) is 4.56. The maximum Gasteiger partial charge on any atom is 0.237 e. The van der Waals surface area contributed by atoms with Crippen LogP contribution >= 0.6 is 23.3 Å². The number of nitrogens with two attached hydrogens (primary N) is 1. The van der Waals surface area contributed by atoms with E-state index in [0.717, 1.165) is 0 Å². The van der Waals surface area contributed by atoms with Gasteiger partial charge in [-0.05, 0) is 43.6 Å². The highest BCUT2D eigenvalue weighted by atomic mass is 32.2. The van der Waals surface area contributed by atoms with Crippen LogP contribution in [0.5, 0.6) is 0 Å². The van der Waals surface area contributed by atoms with Gasteiger partial charge in [-0.15, -0.1) is 0 Å². The van der Waals surface area contributed by atoms with E-state index in [2.05, 4.69) is 14.7 Å². The molecule has 2 aromatic rings. The van der Waals surface area contributed by atoms with Crippen molar-refractivity contribution in [2.75, 3.05) is 11.1 Å². The lowest BCUT2D eigenvalue weighted by molar-refractivity contribution is -0.115. The van der Waals surface area contributed by atoms with E-state index < -0.39 is 11.1 Å². The first-order valence-corrected chi connectivity index (χ1v) is 7.44. The number of rotatable bonds is 4. The summed E-state index contributed by atoms with van der Waals surface area (Å²) in [7, 11) is 0. The number of nitrogens with zero attached hydrogens (tertiary/aromatic N) is 2. The van der Waals surface area contributed by atoms with Gasteiger partial charge in [0, 0.05) is 5.69 Å². The summed E-state index contributed by atoms with van der Waals surface area (Å²) in [6.45, 7) is 3.51. The monoisotopic (exact) mass is 312 g/mol. The lowest BCUT2D eigenvalue weighted by atomic mass is 10.2. The molecule has 0 bridgehead atoms. The van der Waals surface area contributed by atoms with Gasteiger partial charge in [0.1, 0.15) is 11.6 Å². The Morgan fingerprint density at radius 1 is 1.55 bits per heavy atom. The Balaban J connectivity index is 2.02. The molecule has 3 N–H and O–H groups in total. The Labute approximate surface area is 124 Å². The van der Waals surface area contributed by atoms with Gasteiger partial charge >= 0.3 is 0 Å². The predicted octanol–water partition coefficient (Wildman–Crippen LogP) is 2.69. The second kappa shape index (κ2) is 6.19. The van der Waals surface area contributed by atoms with Crippen LogP contribution < -0.4 is 11.1 Å². The zero-order chi connectivity index (χ0) is 14.7. The zero-order valence-electron chi connectivity index (χ0n) is 10.9. The van der Waals surface area contributed by atoms with E-state index in [9.17, 15) is 9.18 Å². The first-order chi connectivity index (χ1) is 9.45. The third kappa shape index (κ3) is 3.67. The Morgan fingerprint density at radius 3 is 2.95 bits per heavy atom. The van der Waals surface area contributed by atoms with Gasteiger partial charge in [-0.1, -0.05) is 11.8 Å². The number of benzene rings is 1. The molecule has 0 aliphatic heterocycles. The number of carbonyl (C=O) groups excluding carboxylic acids is 1. The number of nitrogens with one attached hydrogen (secondary N) is 1. The van der Waals surface area contributed by atoms with Gasteiger partial charge in [0.2, 0.25) is 5.91 Å². The standard InChI is InChI=1S/C12H13FN4OS2/c1-6(19-12-15-7(2)17-20-12)11(18)16-10-5-8(14)3-4-9(10)13/h3-6H,14H2,1-2H3,(H,16,18). The molecule has 20 heavy (non-hydrogen) atoms. The van der Waals surface area contributed by atoms with Crippen molar-refractivity contribution < 1.29 is 9.18 Å². The minimum atomic E-state index is -0.517. The van der Waals surface area contributed by atoms with Crippen LogP contribution in [0.3, 0.4) is 0 Å². The van der Waals surface area contributed by atoms with Crippen LogP contribution in [0.4, 0.5) is 15.8 Å². The summed E-state index contributed by atoms with van der Waals surface area (Å²) in [6.07, 6.45) is 0. The van der Waals surface area contributed by atoms with Crippen molar-refractivity contribution in [3.05, 3.63) is 29.8 Å². The van der Waals surface area contributed by atoms with Crippen LogP contribution in [-0.2, 0) is 4.79 Å². The number of nitrogen functional groups attached to an aromatic ring is 1. The quantitative estimate of drug-likeness (QED) is 0.670. The van der Waals surface area contributed by atoms with Gasteiger partial charge in [0.25, 0.3) is 0 Å². The molecule has 0 fully saturated rings. The third-order valence-electron chi connectivity index (χ3n) is 2.40. The highest BCUT2D eigenvalue weighted by Gasteiger charge is 2.18. The molecule has 0 saturated heterocycles. The maximum absolute atomic E-state index is 13.5. The van der Waals surface area contributed by atoms with E-state index in [1.54, 1.807) is 13.8 Å². The highest BCUT2D eigenvalue weighted by Crippen LogP contribution is 2.26. The summed E-state index contributed by atoms with van der Waals surface area (Å²) < 4.78 is 18.3. The second-order valence-electron chi connectivity index (χ2n) is 4.10. The Morgan fingerprint density at radius 2 is 2.30 bits per heavy atom. The Bertz CT molecular complexity index is 632. The van der Waals surface area contributed by atoms with Crippen molar-refractivity contribution in [3.63, 3.8) is 0 Å². The molecule has 1 aromatic carbocycles. The van der Waals surface area contributed by atoms with E-state index in [0.29, 0.717) is 15.9 Å². The van der Waals surface area contributed by atoms with Crippen molar-refractivity contribution in [2.24, 2.45) is 0 Å². The SMILES string of the molecule is Cc1nsc(SC(C)C(=O)Nc2cc(N)ccc2F)n1. The molecular weight excluding hydrogens is 299 g/mol. The van der Waals surface area contributed by atoms with E-state index in [1.807, 2.05) is 0 Å². The number of anilines is 2. The molecule has 106 valence electrons. The molecule has 0 aliphatic carbocycles. The normalized spacial score (nSPS) is 12.2. The highest BCUT2D eigenvalue weighted by molar-refractivity contribution is 8.02. The number of carbonyl (C=O) groups is 1. The molecule has 0 radical (unpaired) electrons. The van der Waals surface area contributed by atoms with Gasteiger partial charge in [0.05, 0.1) is 10.9 Å². The Hall–Kier alpha value is -1.67. The summed E-state index contributed by atoms with van der Waals surface area (Å²) in [5.41, 5.74) is 6.04. The average Bonchev–Trinajstić information content (AvgIpc) is 2.79. The van der Waals surface area contributed by atoms with Crippen LogP contribution in [0.15, 0.2) is 22.5 Å². The fourth-order valence-electron chi connectivity index (χ4n) is 1.40. The van der Waals surface area contributed by atoms with Gasteiger partial charge in [-0.2, -0.15) is 4.37 Å². The smallest absolute Gasteiger partial charge is 0.237 e. The predicted molar refractivity (Wildman–Crippen MR) is 79.4 cm³/mol. The number of amides is 1. The van der Waals surface area contributed by atoms with E-state index in [4.69, 9.17) is 5.73 Å². The summed E-state index contributed by atoms with van der Waals surface area (Å²) in [5.74, 6) is -0.157. The van der Waals surface area contributed by atoms with Crippen LogP contribution in [0.2, 0.25) is 0 Å². The molecular formula is C12H13FN4OS2. The molecule has 8 heteroatoms. The van der Waals surface area contributed by atoms with Gasteiger partial charge < -0.3 is 11.1 Å². The number of aryl methyl sites for hydroxylation is 1. The van der Waals surface area contributed by atoms with Gasteiger partial charge in [-0.25, -0.2) is 9.37 Å². The lowest BCUT2D eigenvalue weighted by Crippen LogP contribution is -2.23. The molecule has 0 spiro atoms. The van der Waals surface area contributed by atoms with E-state index in [1.165, 1.54) is 41.5 Å². The van der Waals surface area contributed by atoms with Crippen LogP contribution in [0.25, 0.3) is 0 Å². The summed E-state index contributed by atoms with van der Waals surface area (Å²) in [4.78, 5) is 16.2. The summed E-state index contributed by atoms with van der Waals surface area (Å²) in [6, 6.07) is 4.05. The first-order valence-electron chi connectivity index (χ1n) is 5.78. The number of hydrogen-bond donors (Lipinski definition) is 2. The third-order valence-corrected chi connectivity index (χ3v) is 4.38. The van der Waals surface area contributed by atoms with Crippen molar-refractivity contribution in [2.45, 2.75) is 23.4 Å². The van der Waals surface area contributed by atoms with Gasteiger partial charge in [-0.3, -0.25) is 4.79 Å². The molecule has 1 heterocycles. The number of halogens is 1. The summed E-state index contributed by atoms with van der Waals surface area (Å²) >= 11 is 2.52. The number of thioether (sulfide) groups is 1. The molecule has 1 atom stereocenters. The first kappa shape index (κ1) is 14.7. The van der Waals surface area contributed by atoms with Crippen LogP contribution in [-0.4, -0.2) is 20.5 Å². The number of hydrogen-bond acceptors (Lipinski definition) is 6. The van der Waals surface area contributed by atoms with E-state index in [-0.39, 0.29) is 11.6 Å². The van der Waals surface area contributed by atoms with Gasteiger partial charge in [0.15, 0.2) is 4.34 Å².